The molecule has 0 aliphatic rings. The molecule has 0 bridgehead atoms. The summed E-state index contributed by atoms with van der Waals surface area (Å²) in [6, 6.07) is 0. The van der Waals surface area contributed by atoms with Gasteiger partial charge in [-0.3, -0.25) is 0 Å². The minimum atomic E-state index is 0. The van der Waals surface area contributed by atoms with Crippen molar-refractivity contribution in [3.05, 3.63) is 0 Å². The average Bonchev–Trinajstić information content (AvgIpc) is 1.27. The van der Waals surface area contributed by atoms with E-state index in [2.05, 4.69) is 42.7 Å². The van der Waals surface area contributed by atoms with Crippen molar-refractivity contribution >= 4 is 18.9 Å². The Morgan fingerprint density at radius 1 is 0.875 bits per heavy atom. The van der Waals surface area contributed by atoms with E-state index in [0.717, 1.165) is 9.63 Å². The molecule has 0 heterocycles. The zero-order chi connectivity index (χ0) is 5.86. The number of hydrogen-bond donors (Lipinski definition) is 0. The Morgan fingerprint density at radius 3 is 1.12 bits per heavy atom. The molecule has 0 spiro atoms. The van der Waals surface area contributed by atoms with Crippen molar-refractivity contribution in [2.45, 2.75) is 37.3 Å². The van der Waals surface area contributed by atoms with E-state index in [1.165, 1.54) is 0 Å². The Morgan fingerprint density at radius 2 is 1.12 bits per heavy atom. The van der Waals surface area contributed by atoms with Crippen LogP contribution >= 0.6 is 0 Å². The molecule has 0 saturated heterocycles. The first-order valence-corrected chi connectivity index (χ1v) is 3.74. The van der Waals surface area contributed by atoms with Crippen LogP contribution in [0.4, 0.5) is 0 Å². The average molecular weight is 158 g/mol. The Bertz CT molecular complexity index is 37.8. The van der Waals surface area contributed by atoms with E-state index < -0.39 is 0 Å². The van der Waals surface area contributed by atoms with Crippen molar-refractivity contribution in [1.82, 2.24) is 0 Å². The van der Waals surface area contributed by atoms with Gasteiger partial charge in [-0.25, -0.2) is 0 Å². The van der Waals surface area contributed by atoms with Crippen molar-refractivity contribution in [2.75, 3.05) is 0 Å². The van der Waals surface area contributed by atoms with Crippen LogP contribution in [0.25, 0.3) is 0 Å². The number of hydrogen-bond acceptors (Lipinski definition) is 0. The summed E-state index contributed by atoms with van der Waals surface area (Å²) in [6.45, 7) is 8.89. The van der Waals surface area contributed by atoms with E-state index in [4.69, 9.17) is 0 Å². The van der Waals surface area contributed by atoms with Crippen molar-refractivity contribution in [3.63, 3.8) is 0 Å². The molecule has 0 radical (unpaired) electrons. The van der Waals surface area contributed by atoms with Crippen molar-refractivity contribution < 1.29 is 15.0 Å². The first kappa shape index (κ1) is 11.9. The van der Waals surface area contributed by atoms with Gasteiger partial charge in [0.15, 0.2) is 0 Å². The van der Waals surface area contributed by atoms with Gasteiger partial charge >= 0.3 is 71.1 Å². The van der Waals surface area contributed by atoms with Crippen molar-refractivity contribution in [1.29, 1.82) is 0 Å². The molecule has 0 saturated carbocycles. The summed E-state index contributed by atoms with van der Waals surface area (Å²) in [5.41, 5.74) is 0. The van der Waals surface area contributed by atoms with Crippen LogP contribution < -0.4 is 0 Å². The summed E-state index contributed by atoms with van der Waals surface area (Å²) in [6.07, 6.45) is 0. The van der Waals surface area contributed by atoms with Crippen LogP contribution in [0.15, 0.2) is 0 Å². The van der Waals surface area contributed by atoms with E-state index in [1.54, 1.807) is 0 Å². The molecule has 0 aromatic heterocycles. The predicted octanol–water partition coefficient (Wildman–Crippen LogP) is 2.08. The Kier molecular flexibility index (Phi) is 9.25. The van der Waals surface area contributed by atoms with E-state index in [1.807, 2.05) is 0 Å². The molecule has 51 valence electrons. The van der Waals surface area contributed by atoms with Gasteiger partial charge in [0.2, 0.25) is 0 Å². The van der Waals surface area contributed by atoms with Crippen LogP contribution in [-0.4, -0.2) is 18.9 Å². The SMILES string of the molecule is C[CH](C)[Cu][CH](C)C.[LiH]. The molecule has 2 heteroatoms. The molecule has 0 fully saturated rings. The molecule has 0 aliphatic heterocycles. The van der Waals surface area contributed by atoms with Crippen LogP contribution in [0.5, 0.6) is 0 Å². The van der Waals surface area contributed by atoms with Gasteiger partial charge in [-0.1, -0.05) is 0 Å². The molecule has 0 unspecified atom stereocenters. The third-order valence-corrected chi connectivity index (χ3v) is 1.66. The van der Waals surface area contributed by atoms with Crippen LogP contribution in [0.2, 0.25) is 9.63 Å². The minimum absolute atomic E-state index is 0. The summed E-state index contributed by atoms with van der Waals surface area (Å²) in [4.78, 5) is 1.56. The fraction of sp³-hybridized carbons (Fsp3) is 1.00. The first-order chi connectivity index (χ1) is 3.13. The summed E-state index contributed by atoms with van der Waals surface area (Å²) in [5.74, 6) is 0. The molecule has 0 aromatic rings. The van der Waals surface area contributed by atoms with Crippen LogP contribution in [0, 0.1) is 0 Å². The molecule has 8 heavy (non-hydrogen) atoms. The van der Waals surface area contributed by atoms with E-state index in [-0.39, 0.29) is 18.9 Å². The van der Waals surface area contributed by atoms with Gasteiger partial charge in [-0.2, -0.15) is 0 Å². The fourth-order valence-electron chi connectivity index (χ4n) is 0.402. The topological polar surface area (TPSA) is 0 Å². The van der Waals surface area contributed by atoms with Crippen LogP contribution in [0.1, 0.15) is 27.7 Å². The maximum absolute atomic E-state index is 2.22. The monoisotopic (exact) mass is 157 g/mol. The standard InChI is InChI=1S/2C3H7.Cu.Li.H/c2*1-3-2;;;/h2*3H,1-2H3;;;. The van der Waals surface area contributed by atoms with Gasteiger partial charge < -0.3 is 0 Å². The Balaban J connectivity index is 0. The second-order valence-corrected chi connectivity index (χ2v) is 4.44. The molecular weight excluding hydrogens is 143 g/mol. The fourth-order valence-corrected chi connectivity index (χ4v) is 1.66. The number of rotatable bonds is 2. The molecule has 0 nitrogen and oxygen atoms in total. The van der Waals surface area contributed by atoms with E-state index in [9.17, 15) is 0 Å². The Hall–Kier alpha value is 1.12. The summed E-state index contributed by atoms with van der Waals surface area (Å²) >= 11 is 2.09. The first-order valence-electron chi connectivity index (χ1n) is 2.66. The predicted molar refractivity (Wildman–Crippen MR) is 37.3 cm³/mol. The zero-order valence-electron chi connectivity index (χ0n) is 5.46. The summed E-state index contributed by atoms with van der Waals surface area (Å²) in [5, 5.41) is 0. The third-order valence-electron chi connectivity index (χ3n) is 0.402. The normalized spacial score (nSPS) is 10.2. The molecule has 0 aliphatic carbocycles. The van der Waals surface area contributed by atoms with Gasteiger partial charge in [-0.15, -0.1) is 0 Å². The van der Waals surface area contributed by atoms with E-state index >= 15 is 0 Å². The van der Waals surface area contributed by atoms with E-state index in [0.29, 0.717) is 0 Å². The van der Waals surface area contributed by atoms with Crippen molar-refractivity contribution in [2.24, 2.45) is 0 Å². The second-order valence-electron chi connectivity index (χ2n) is 1.95. The molecule has 0 aromatic carbocycles. The molecule has 0 atom stereocenters. The van der Waals surface area contributed by atoms with Gasteiger partial charge in [0.05, 0.1) is 0 Å². The van der Waals surface area contributed by atoms with Crippen LogP contribution in [0.3, 0.4) is 0 Å². The zero-order valence-corrected chi connectivity index (χ0v) is 6.40. The van der Waals surface area contributed by atoms with Gasteiger partial charge in [-0.05, 0) is 0 Å². The third kappa shape index (κ3) is 10.2. The second kappa shape index (κ2) is 6.24. The quantitative estimate of drug-likeness (QED) is 0.539. The summed E-state index contributed by atoms with van der Waals surface area (Å²) in [7, 11) is 0. The molecular formula is C6H15CuLi. The molecule has 0 N–H and O–H groups in total. The maximum atomic E-state index is 2.22. The van der Waals surface area contributed by atoms with Gasteiger partial charge in [0.25, 0.3) is 0 Å². The van der Waals surface area contributed by atoms with Crippen LogP contribution in [-0.2, 0) is 15.0 Å². The van der Waals surface area contributed by atoms with Crippen molar-refractivity contribution in [3.8, 4) is 0 Å². The van der Waals surface area contributed by atoms with Gasteiger partial charge in [0, 0.05) is 0 Å². The van der Waals surface area contributed by atoms with Gasteiger partial charge in [0.1, 0.15) is 0 Å². The summed E-state index contributed by atoms with van der Waals surface area (Å²) < 4.78 is 0. The molecule has 0 rings (SSSR count). The Labute approximate surface area is 71.1 Å². The molecule has 0 amide bonds.